The number of rotatable bonds is 4. The highest BCUT2D eigenvalue weighted by Crippen LogP contribution is 2.26. The maximum absolute atomic E-state index is 11.9. The second kappa shape index (κ2) is 6.55. The highest BCUT2D eigenvalue weighted by atomic mass is 16.1. The van der Waals surface area contributed by atoms with Gasteiger partial charge in [0.05, 0.1) is 0 Å². The largest absolute Gasteiger partial charge is 0.356 e. The molecule has 1 amide bonds. The van der Waals surface area contributed by atoms with E-state index in [1.54, 1.807) is 0 Å². The predicted octanol–water partition coefficient (Wildman–Crippen LogP) is 2.69. The van der Waals surface area contributed by atoms with Crippen molar-refractivity contribution in [2.24, 2.45) is 23.0 Å². The number of nitrogens with two attached hydrogens (primary N) is 1. The van der Waals surface area contributed by atoms with E-state index in [0.29, 0.717) is 24.3 Å². The SMILES string of the molecule is CC(CNC(=O)CC1CCCC(N)C1)C(C)(C)C. The number of hydrogen-bond acceptors (Lipinski definition) is 2. The van der Waals surface area contributed by atoms with Crippen molar-refractivity contribution in [2.75, 3.05) is 6.54 Å². The van der Waals surface area contributed by atoms with Crippen LogP contribution in [0, 0.1) is 17.3 Å². The molecule has 0 aromatic carbocycles. The van der Waals surface area contributed by atoms with E-state index in [4.69, 9.17) is 5.73 Å². The van der Waals surface area contributed by atoms with E-state index in [1.165, 1.54) is 6.42 Å². The first kappa shape index (κ1) is 15.5. The minimum Gasteiger partial charge on any atom is -0.356 e. The number of carbonyl (C=O) groups is 1. The van der Waals surface area contributed by atoms with Crippen molar-refractivity contribution in [1.82, 2.24) is 5.32 Å². The lowest BCUT2D eigenvalue weighted by Crippen LogP contribution is -2.36. The Morgan fingerprint density at radius 1 is 1.39 bits per heavy atom. The third-order valence-corrected chi connectivity index (χ3v) is 4.38. The van der Waals surface area contributed by atoms with Gasteiger partial charge in [-0.05, 0) is 36.5 Å². The summed E-state index contributed by atoms with van der Waals surface area (Å²) < 4.78 is 0. The molecule has 18 heavy (non-hydrogen) atoms. The number of amides is 1. The fraction of sp³-hybridized carbons (Fsp3) is 0.933. The third kappa shape index (κ3) is 5.38. The predicted molar refractivity (Wildman–Crippen MR) is 76.2 cm³/mol. The highest BCUT2D eigenvalue weighted by molar-refractivity contribution is 5.76. The molecule has 1 saturated carbocycles. The second-order valence-corrected chi connectivity index (χ2v) is 7.07. The average molecular weight is 254 g/mol. The summed E-state index contributed by atoms with van der Waals surface area (Å²) in [5.41, 5.74) is 6.20. The van der Waals surface area contributed by atoms with Gasteiger partial charge < -0.3 is 11.1 Å². The summed E-state index contributed by atoms with van der Waals surface area (Å²) in [6, 6.07) is 0.310. The van der Waals surface area contributed by atoms with Crippen molar-refractivity contribution in [1.29, 1.82) is 0 Å². The monoisotopic (exact) mass is 254 g/mol. The van der Waals surface area contributed by atoms with Gasteiger partial charge in [-0.1, -0.05) is 34.1 Å². The molecule has 0 radical (unpaired) electrons. The fourth-order valence-corrected chi connectivity index (χ4v) is 2.43. The molecule has 0 aromatic heterocycles. The van der Waals surface area contributed by atoms with Crippen LogP contribution in [0.2, 0.25) is 0 Å². The topological polar surface area (TPSA) is 55.1 Å². The third-order valence-electron chi connectivity index (χ3n) is 4.38. The molecule has 3 heteroatoms. The summed E-state index contributed by atoms with van der Waals surface area (Å²) in [4.78, 5) is 11.9. The normalized spacial score (nSPS) is 26.7. The molecule has 3 atom stereocenters. The highest BCUT2D eigenvalue weighted by Gasteiger charge is 2.23. The van der Waals surface area contributed by atoms with Crippen LogP contribution in [0.3, 0.4) is 0 Å². The molecule has 1 aliphatic carbocycles. The summed E-state index contributed by atoms with van der Waals surface area (Å²) in [7, 11) is 0. The Labute approximate surface area is 112 Å². The van der Waals surface area contributed by atoms with Crippen LogP contribution >= 0.6 is 0 Å². The van der Waals surface area contributed by atoms with Crippen molar-refractivity contribution in [3.05, 3.63) is 0 Å². The fourth-order valence-electron chi connectivity index (χ4n) is 2.43. The van der Waals surface area contributed by atoms with Crippen molar-refractivity contribution in [3.8, 4) is 0 Å². The van der Waals surface area contributed by atoms with Gasteiger partial charge in [0.2, 0.25) is 5.91 Å². The molecule has 0 saturated heterocycles. The molecule has 0 spiro atoms. The molecule has 0 heterocycles. The van der Waals surface area contributed by atoms with Crippen LogP contribution < -0.4 is 11.1 Å². The van der Waals surface area contributed by atoms with Crippen molar-refractivity contribution < 1.29 is 4.79 Å². The maximum Gasteiger partial charge on any atom is 0.220 e. The van der Waals surface area contributed by atoms with E-state index in [-0.39, 0.29) is 11.3 Å². The molecule has 3 nitrogen and oxygen atoms in total. The van der Waals surface area contributed by atoms with Gasteiger partial charge in [-0.3, -0.25) is 4.79 Å². The lowest BCUT2D eigenvalue weighted by atomic mass is 9.82. The zero-order valence-electron chi connectivity index (χ0n) is 12.5. The van der Waals surface area contributed by atoms with Crippen LogP contribution in [0.1, 0.15) is 59.8 Å². The van der Waals surface area contributed by atoms with Gasteiger partial charge in [0, 0.05) is 19.0 Å². The summed E-state index contributed by atoms with van der Waals surface area (Å²) in [6.07, 6.45) is 5.14. The first-order valence-electron chi connectivity index (χ1n) is 7.31. The molecule has 1 aliphatic rings. The molecular formula is C15H30N2O. The molecule has 0 aliphatic heterocycles. The molecule has 3 N–H and O–H groups in total. The lowest BCUT2D eigenvalue weighted by molar-refractivity contribution is -0.122. The van der Waals surface area contributed by atoms with E-state index in [0.717, 1.165) is 25.8 Å². The lowest BCUT2D eigenvalue weighted by Gasteiger charge is -2.28. The van der Waals surface area contributed by atoms with Gasteiger partial charge in [-0.25, -0.2) is 0 Å². The Kier molecular flexibility index (Phi) is 5.64. The molecule has 1 fully saturated rings. The zero-order chi connectivity index (χ0) is 13.8. The Bertz CT molecular complexity index is 270. The summed E-state index contributed by atoms with van der Waals surface area (Å²) in [5.74, 6) is 1.19. The summed E-state index contributed by atoms with van der Waals surface area (Å²) >= 11 is 0. The number of carbonyl (C=O) groups excluding carboxylic acids is 1. The van der Waals surface area contributed by atoms with Crippen LogP contribution in [0.4, 0.5) is 0 Å². The zero-order valence-corrected chi connectivity index (χ0v) is 12.5. The van der Waals surface area contributed by atoms with Gasteiger partial charge in [-0.15, -0.1) is 0 Å². The smallest absolute Gasteiger partial charge is 0.220 e. The Hall–Kier alpha value is -0.570. The minimum atomic E-state index is 0.199. The summed E-state index contributed by atoms with van der Waals surface area (Å²) in [6.45, 7) is 9.61. The maximum atomic E-state index is 11.9. The molecule has 1 rings (SSSR count). The van der Waals surface area contributed by atoms with Crippen molar-refractivity contribution >= 4 is 5.91 Å². The second-order valence-electron chi connectivity index (χ2n) is 7.07. The minimum absolute atomic E-state index is 0.199. The van der Waals surface area contributed by atoms with Gasteiger partial charge in [0.25, 0.3) is 0 Å². The summed E-state index contributed by atoms with van der Waals surface area (Å²) in [5, 5.41) is 3.07. The van der Waals surface area contributed by atoms with Crippen LogP contribution in [0.25, 0.3) is 0 Å². The van der Waals surface area contributed by atoms with E-state index in [9.17, 15) is 4.79 Å². The number of nitrogens with one attached hydrogen (secondary N) is 1. The Morgan fingerprint density at radius 2 is 2.06 bits per heavy atom. The first-order valence-corrected chi connectivity index (χ1v) is 7.31. The Balaban J connectivity index is 2.25. The Morgan fingerprint density at radius 3 is 2.61 bits per heavy atom. The average Bonchev–Trinajstić information content (AvgIpc) is 2.24. The molecule has 106 valence electrons. The first-order chi connectivity index (χ1) is 8.29. The van der Waals surface area contributed by atoms with Crippen molar-refractivity contribution in [2.45, 2.75) is 65.8 Å². The number of hydrogen-bond donors (Lipinski definition) is 2. The van der Waals surface area contributed by atoms with E-state index >= 15 is 0 Å². The molecule has 3 unspecified atom stereocenters. The quantitative estimate of drug-likeness (QED) is 0.810. The van der Waals surface area contributed by atoms with Crippen LogP contribution in [-0.2, 0) is 4.79 Å². The molecule has 0 bridgehead atoms. The van der Waals surface area contributed by atoms with Gasteiger partial charge in [0.1, 0.15) is 0 Å². The van der Waals surface area contributed by atoms with E-state index in [2.05, 4.69) is 33.0 Å². The van der Waals surface area contributed by atoms with Gasteiger partial charge >= 0.3 is 0 Å². The van der Waals surface area contributed by atoms with E-state index in [1.807, 2.05) is 0 Å². The van der Waals surface area contributed by atoms with Gasteiger partial charge in [0.15, 0.2) is 0 Å². The standard InChI is InChI=1S/C15H30N2O/c1-11(15(2,3)4)10-17-14(18)9-12-6-5-7-13(16)8-12/h11-13H,5-10,16H2,1-4H3,(H,17,18). The molecule has 0 aromatic rings. The van der Waals surface area contributed by atoms with Crippen LogP contribution in [-0.4, -0.2) is 18.5 Å². The van der Waals surface area contributed by atoms with Gasteiger partial charge in [-0.2, -0.15) is 0 Å². The van der Waals surface area contributed by atoms with Crippen molar-refractivity contribution in [3.63, 3.8) is 0 Å². The van der Waals surface area contributed by atoms with Crippen LogP contribution in [0.15, 0.2) is 0 Å². The van der Waals surface area contributed by atoms with Crippen LogP contribution in [0.5, 0.6) is 0 Å². The molecular weight excluding hydrogens is 224 g/mol. The van der Waals surface area contributed by atoms with E-state index < -0.39 is 0 Å².